The van der Waals surface area contributed by atoms with Gasteiger partial charge in [-0.1, -0.05) is 13.8 Å². The van der Waals surface area contributed by atoms with E-state index in [4.69, 9.17) is 10.8 Å². The number of rotatable bonds is 3. The summed E-state index contributed by atoms with van der Waals surface area (Å²) >= 11 is 1.48. The quantitative estimate of drug-likeness (QED) is 0.551. The van der Waals surface area contributed by atoms with Gasteiger partial charge in [0, 0.05) is 11.8 Å². The number of aliphatic hydroxyl groups excluding tert-OH is 1. The van der Waals surface area contributed by atoms with Gasteiger partial charge in [-0.05, 0) is 0 Å². The first-order valence-electron chi connectivity index (χ1n) is 2.70. The van der Waals surface area contributed by atoms with Gasteiger partial charge in [-0.25, -0.2) is 0 Å². The van der Waals surface area contributed by atoms with Gasteiger partial charge in [0.2, 0.25) is 0 Å². The lowest BCUT2D eigenvalue weighted by Gasteiger charge is -2.08. The Morgan fingerprint density at radius 2 is 2.12 bits per heavy atom. The summed E-state index contributed by atoms with van der Waals surface area (Å²) in [7, 11) is 0. The van der Waals surface area contributed by atoms with Gasteiger partial charge in [0.15, 0.2) is 0 Å². The van der Waals surface area contributed by atoms with Gasteiger partial charge in [0.1, 0.15) is 5.44 Å². The summed E-state index contributed by atoms with van der Waals surface area (Å²) in [5.41, 5.74) is 4.77. The highest BCUT2D eigenvalue weighted by Gasteiger charge is 2.02. The van der Waals surface area contributed by atoms with E-state index in [0.29, 0.717) is 11.8 Å². The highest BCUT2D eigenvalue weighted by atomic mass is 32.2. The van der Waals surface area contributed by atoms with Crippen LogP contribution in [0.3, 0.4) is 0 Å². The number of aliphatic hydroxyl groups is 1. The molecular weight excluding hydrogens is 122 g/mol. The second-order valence-electron chi connectivity index (χ2n) is 1.88. The Bertz CT molecular complexity index is 58.4. The van der Waals surface area contributed by atoms with E-state index in [1.807, 2.05) is 13.8 Å². The fourth-order valence-electron chi connectivity index (χ4n) is 0.370. The van der Waals surface area contributed by atoms with Gasteiger partial charge >= 0.3 is 0 Å². The van der Waals surface area contributed by atoms with Gasteiger partial charge in [-0.2, -0.15) is 0 Å². The van der Waals surface area contributed by atoms with Crippen molar-refractivity contribution in [3.05, 3.63) is 0 Å². The van der Waals surface area contributed by atoms with Gasteiger partial charge in [0.25, 0.3) is 0 Å². The molecule has 1 atom stereocenters. The lowest BCUT2D eigenvalue weighted by molar-refractivity contribution is 0.271. The molecule has 1 unspecified atom stereocenters. The molecule has 0 saturated carbocycles. The average molecular weight is 135 g/mol. The second-order valence-corrected chi connectivity index (χ2v) is 3.63. The van der Waals surface area contributed by atoms with Gasteiger partial charge in [-0.15, -0.1) is 11.8 Å². The van der Waals surface area contributed by atoms with Crippen molar-refractivity contribution in [1.82, 2.24) is 0 Å². The molecule has 0 aromatic carbocycles. The van der Waals surface area contributed by atoms with Crippen LogP contribution in [0.5, 0.6) is 0 Å². The van der Waals surface area contributed by atoms with Crippen LogP contribution < -0.4 is 5.73 Å². The lowest BCUT2D eigenvalue weighted by atomic mass is 10.6. The molecule has 0 aromatic heterocycles. The van der Waals surface area contributed by atoms with E-state index >= 15 is 0 Å². The minimum absolute atomic E-state index is 0.350. The van der Waals surface area contributed by atoms with E-state index in [-0.39, 0.29) is 5.44 Å². The first-order valence-corrected chi connectivity index (χ1v) is 3.64. The molecule has 0 amide bonds. The van der Waals surface area contributed by atoms with E-state index < -0.39 is 0 Å². The van der Waals surface area contributed by atoms with E-state index in [1.54, 1.807) is 0 Å². The predicted molar refractivity (Wildman–Crippen MR) is 37.8 cm³/mol. The van der Waals surface area contributed by atoms with Crippen molar-refractivity contribution in [3.63, 3.8) is 0 Å². The molecule has 3 heteroatoms. The Morgan fingerprint density at radius 1 is 1.62 bits per heavy atom. The lowest BCUT2D eigenvalue weighted by Crippen LogP contribution is -2.17. The molecule has 0 aliphatic rings. The third-order valence-corrected chi connectivity index (χ3v) is 1.68. The van der Waals surface area contributed by atoms with Crippen molar-refractivity contribution in [1.29, 1.82) is 0 Å². The van der Waals surface area contributed by atoms with Crippen molar-refractivity contribution >= 4 is 11.8 Å². The topological polar surface area (TPSA) is 46.2 Å². The zero-order valence-corrected chi connectivity index (χ0v) is 6.11. The largest absolute Gasteiger partial charge is 0.381 e. The zero-order valence-electron chi connectivity index (χ0n) is 5.29. The Kier molecular flexibility index (Phi) is 4.32. The maximum absolute atomic E-state index is 8.87. The third kappa shape index (κ3) is 4.43. The molecule has 50 valence electrons. The normalized spacial score (nSPS) is 14.6. The summed E-state index contributed by atoms with van der Waals surface area (Å²) in [5, 5.41) is 9.33. The van der Waals surface area contributed by atoms with Crippen LogP contribution in [0.2, 0.25) is 0 Å². The molecular formula is C5H13NOS. The number of nitrogens with two attached hydrogens (primary N) is 1. The van der Waals surface area contributed by atoms with Crippen LogP contribution in [0, 0.1) is 0 Å². The standard InChI is InChI=1S/C5H13NOS/c1-4(2)8-5(7)3-6/h4-5,7H,3,6H2,1-2H3. The molecule has 0 saturated heterocycles. The molecule has 8 heavy (non-hydrogen) atoms. The molecule has 0 rings (SSSR count). The van der Waals surface area contributed by atoms with Gasteiger partial charge < -0.3 is 10.8 Å². The minimum atomic E-state index is -0.380. The molecule has 3 N–H and O–H groups in total. The second kappa shape index (κ2) is 4.18. The summed E-state index contributed by atoms with van der Waals surface area (Å²) in [6, 6.07) is 0. The van der Waals surface area contributed by atoms with E-state index in [2.05, 4.69) is 0 Å². The molecule has 0 aliphatic carbocycles. The third-order valence-electron chi connectivity index (χ3n) is 0.631. The Hall–Kier alpha value is 0.270. The molecule has 0 fully saturated rings. The summed E-state index contributed by atoms with van der Waals surface area (Å²) in [6.45, 7) is 4.41. The maximum Gasteiger partial charge on any atom is 0.112 e. The molecule has 0 radical (unpaired) electrons. The molecule has 0 aliphatic heterocycles. The summed E-state index contributed by atoms with van der Waals surface area (Å²) in [6.07, 6.45) is 0. The average Bonchev–Trinajstić information content (AvgIpc) is 1.65. The Balaban J connectivity index is 3.10. The van der Waals surface area contributed by atoms with E-state index in [1.165, 1.54) is 11.8 Å². The van der Waals surface area contributed by atoms with Crippen LogP contribution >= 0.6 is 11.8 Å². The number of hydrogen-bond acceptors (Lipinski definition) is 3. The fraction of sp³-hybridized carbons (Fsp3) is 1.00. The summed E-state index contributed by atoms with van der Waals surface area (Å²) < 4.78 is 0. The summed E-state index contributed by atoms with van der Waals surface area (Å²) in [4.78, 5) is 0. The Morgan fingerprint density at radius 3 is 2.25 bits per heavy atom. The van der Waals surface area contributed by atoms with Crippen LogP contribution in [-0.4, -0.2) is 22.3 Å². The van der Waals surface area contributed by atoms with Crippen LogP contribution in [0.1, 0.15) is 13.8 Å². The first kappa shape index (κ1) is 8.27. The molecule has 0 heterocycles. The van der Waals surface area contributed by atoms with Crippen molar-refractivity contribution in [3.8, 4) is 0 Å². The number of hydrogen-bond donors (Lipinski definition) is 2. The monoisotopic (exact) mass is 135 g/mol. The van der Waals surface area contributed by atoms with Gasteiger partial charge in [-0.3, -0.25) is 0 Å². The molecule has 0 aromatic rings. The Labute approximate surface area is 54.5 Å². The van der Waals surface area contributed by atoms with E-state index in [9.17, 15) is 0 Å². The zero-order chi connectivity index (χ0) is 6.57. The summed E-state index contributed by atoms with van der Waals surface area (Å²) in [5.74, 6) is 0. The van der Waals surface area contributed by atoms with E-state index in [0.717, 1.165) is 0 Å². The first-order chi connectivity index (χ1) is 3.66. The van der Waals surface area contributed by atoms with Crippen LogP contribution in [0.25, 0.3) is 0 Å². The van der Waals surface area contributed by atoms with Gasteiger partial charge in [0.05, 0.1) is 0 Å². The fourth-order valence-corrected chi connectivity index (χ4v) is 1.11. The molecule has 2 nitrogen and oxygen atoms in total. The van der Waals surface area contributed by atoms with Crippen LogP contribution in [0.4, 0.5) is 0 Å². The minimum Gasteiger partial charge on any atom is -0.381 e. The predicted octanol–water partition coefficient (Wildman–Crippen LogP) is 0.405. The van der Waals surface area contributed by atoms with Crippen LogP contribution in [-0.2, 0) is 0 Å². The van der Waals surface area contributed by atoms with Crippen molar-refractivity contribution < 1.29 is 5.11 Å². The van der Waals surface area contributed by atoms with Crippen molar-refractivity contribution in [2.24, 2.45) is 5.73 Å². The highest BCUT2D eigenvalue weighted by Crippen LogP contribution is 2.12. The SMILES string of the molecule is CC(C)SC(O)CN. The van der Waals surface area contributed by atoms with Crippen molar-refractivity contribution in [2.45, 2.75) is 24.5 Å². The van der Waals surface area contributed by atoms with Crippen molar-refractivity contribution in [2.75, 3.05) is 6.54 Å². The number of thioether (sulfide) groups is 1. The van der Waals surface area contributed by atoms with Crippen LogP contribution in [0.15, 0.2) is 0 Å². The highest BCUT2D eigenvalue weighted by molar-refractivity contribution is 8.00. The maximum atomic E-state index is 8.87. The smallest absolute Gasteiger partial charge is 0.112 e. The molecule has 0 spiro atoms. The molecule has 0 bridgehead atoms.